The number of anilines is 1. The second kappa shape index (κ2) is 5.63. The second-order valence-corrected chi connectivity index (χ2v) is 5.05. The Hall–Kier alpha value is -2.64. The number of halogens is 1. The van der Waals surface area contributed by atoms with Crippen LogP contribution < -0.4 is 11.2 Å². The molecule has 2 heterocycles. The Kier molecular flexibility index (Phi) is 3.66. The van der Waals surface area contributed by atoms with Gasteiger partial charge in [-0.3, -0.25) is 10.0 Å². The van der Waals surface area contributed by atoms with Crippen molar-refractivity contribution in [3.63, 3.8) is 0 Å². The van der Waals surface area contributed by atoms with Gasteiger partial charge < -0.3 is 10.3 Å². The average Bonchev–Trinajstić information content (AvgIpc) is 2.90. The number of hydroxylamine groups is 1. The van der Waals surface area contributed by atoms with E-state index in [4.69, 9.17) is 22.5 Å². The third-order valence-electron chi connectivity index (χ3n) is 3.26. The van der Waals surface area contributed by atoms with Crippen molar-refractivity contribution in [1.82, 2.24) is 20.0 Å². The summed E-state index contributed by atoms with van der Waals surface area (Å²) in [5, 5.41) is 9.64. The van der Waals surface area contributed by atoms with E-state index in [2.05, 4.69) is 9.97 Å². The van der Waals surface area contributed by atoms with Gasteiger partial charge >= 0.3 is 0 Å². The van der Waals surface area contributed by atoms with Gasteiger partial charge in [0, 0.05) is 18.3 Å². The molecular weight excluding hydrogens is 306 g/mol. The van der Waals surface area contributed by atoms with E-state index in [1.807, 2.05) is 16.8 Å². The van der Waals surface area contributed by atoms with Crippen LogP contribution >= 0.6 is 11.6 Å². The van der Waals surface area contributed by atoms with Crippen LogP contribution in [0.1, 0.15) is 15.9 Å². The van der Waals surface area contributed by atoms with Crippen LogP contribution in [0.15, 0.2) is 36.5 Å². The van der Waals surface area contributed by atoms with Crippen LogP contribution in [0.4, 0.5) is 5.95 Å². The van der Waals surface area contributed by atoms with E-state index in [0.29, 0.717) is 22.9 Å². The first kappa shape index (κ1) is 14.3. The molecule has 0 saturated heterocycles. The number of nitrogens with zero attached hydrogens (tertiary/aromatic N) is 3. The Morgan fingerprint density at radius 2 is 2.00 bits per heavy atom. The molecule has 8 heteroatoms. The first-order valence-corrected chi connectivity index (χ1v) is 6.77. The Morgan fingerprint density at radius 1 is 1.27 bits per heavy atom. The number of hydrogen-bond acceptors (Lipinski definition) is 5. The largest absolute Gasteiger partial charge is 0.368 e. The molecule has 0 fully saturated rings. The summed E-state index contributed by atoms with van der Waals surface area (Å²) in [5.74, 6) is -0.433. The van der Waals surface area contributed by atoms with Crippen LogP contribution in [0, 0.1) is 0 Å². The van der Waals surface area contributed by atoms with Crippen LogP contribution in [0.5, 0.6) is 0 Å². The number of benzene rings is 1. The van der Waals surface area contributed by atoms with Gasteiger partial charge in [0.15, 0.2) is 0 Å². The molecule has 1 aromatic carbocycles. The summed E-state index contributed by atoms with van der Waals surface area (Å²) in [6.07, 6.45) is 1.85. The summed E-state index contributed by atoms with van der Waals surface area (Å²) >= 11 is 6.04. The monoisotopic (exact) mass is 317 g/mol. The zero-order valence-electron chi connectivity index (χ0n) is 11.3. The molecule has 0 atom stereocenters. The van der Waals surface area contributed by atoms with Gasteiger partial charge in [0.05, 0.1) is 5.39 Å². The highest BCUT2D eigenvalue weighted by atomic mass is 35.5. The van der Waals surface area contributed by atoms with Gasteiger partial charge in [-0.1, -0.05) is 23.7 Å². The molecule has 0 saturated carbocycles. The SMILES string of the molecule is Nc1nc(Cl)c2ccn(Cc3ccc(C(=O)NO)cc3)c2n1. The molecule has 3 aromatic rings. The predicted octanol–water partition coefficient (Wildman–Crippen LogP) is 1.83. The number of carbonyl (C=O) groups excluding carboxylic acids is 1. The maximum Gasteiger partial charge on any atom is 0.274 e. The lowest BCUT2D eigenvalue weighted by Crippen LogP contribution is -2.18. The fraction of sp³-hybridized carbons (Fsp3) is 0.0714. The predicted molar refractivity (Wildman–Crippen MR) is 81.7 cm³/mol. The summed E-state index contributed by atoms with van der Waals surface area (Å²) in [6.45, 7) is 0.539. The van der Waals surface area contributed by atoms with E-state index < -0.39 is 5.91 Å². The molecule has 0 radical (unpaired) electrons. The molecule has 7 nitrogen and oxygen atoms in total. The molecule has 112 valence electrons. The van der Waals surface area contributed by atoms with E-state index in [1.165, 1.54) is 0 Å². The van der Waals surface area contributed by atoms with E-state index in [0.717, 1.165) is 10.9 Å². The van der Waals surface area contributed by atoms with Crippen LogP contribution in [-0.2, 0) is 6.54 Å². The number of fused-ring (bicyclic) bond motifs is 1. The summed E-state index contributed by atoms with van der Waals surface area (Å²) in [4.78, 5) is 19.4. The van der Waals surface area contributed by atoms with E-state index in [9.17, 15) is 4.79 Å². The first-order chi connectivity index (χ1) is 10.6. The standard InChI is InChI=1S/C14H12ClN5O2/c15-11-10-5-6-20(12(10)18-14(16)17-11)7-8-1-3-9(4-2-8)13(21)19-22/h1-6,22H,7H2,(H,19,21)(H2,16,17,18). The molecule has 0 aliphatic heterocycles. The normalized spacial score (nSPS) is 10.8. The lowest BCUT2D eigenvalue weighted by atomic mass is 10.1. The molecule has 0 bridgehead atoms. The van der Waals surface area contributed by atoms with Gasteiger partial charge in [0.1, 0.15) is 10.8 Å². The minimum absolute atomic E-state index is 0.118. The van der Waals surface area contributed by atoms with Gasteiger partial charge in [-0.15, -0.1) is 0 Å². The van der Waals surface area contributed by atoms with Crippen LogP contribution in [0.2, 0.25) is 5.15 Å². The summed E-state index contributed by atoms with van der Waals surface area (Å²) < 4.78 is 1.89. The molecule has 0 aliphatic carbocycles. The van der Waals surface area contributed by atoms with Crippen molar-refractivity contribution >= 4 is 34.5 Å². The minimum Gasteiger partial charge on any atom is -0.368 e. The zero-order valence-corrected chi connectivity index (χ0v) is 12.1. The number of nitrogens with two attached hydrogens (primary N) is 1. The molecule has 22 heavy (non-hydrogen) atoms. The Morgan fingerprint density at radius 3 is 2.68 bits per heavy atom. The van der Waals surface area contributed by atoms with Gasteiger partial charge in [-0.25, -0.2) is 10.5 Å². The van der Waals surface area contributed by atoms with Crippen molar-refractivity contribution < 1.29 is 10.0 Å². The highest BCUT2D eigenvalue weighted by molar-refractivity contribution is 6.34. The number of nitrogen functional groups attached to an aromatic ring is 1. The van der Waals surface area contributed by atoms with Gasteiger partial charge in [0.2, 0.25) is 5.95 Å². The van der Waals surface area contributed by atoms with Gasteiger partial charge in [-0.2, -0.15) is 4.98 Å². The minimum atomic E-state index is -0.551. The summed E-state index contributed by atoms with van der Waals surface area (Å²) in [5.41, 5.74) is 9.20. The quantitative estimate of drug-likeness (QED) is 0.388. The van der Waals surface area contributed by atoms with Gasteiger partial charge in [-0.05, 0) is 23.8 Å². The Balaban J connectivity index is 1.92. The van der Waals surface area contributed by atoms with E-state index >= 15 is 0 Å². The number of amides is 1. The third-order valence-corrected chi connectivity index (χ3v) is 3.55. The molecule has 1 amide bonds. The first-order valence-electron chi connectivity index (χ1n) is 6.39. The van der Waals surface area contributed by atoms with Crippen LogP contribution in [0.25, 0.3) is 11.0 Å². The molecule has 2 aromatic heterocycles. The van der Waals surface area contributed by atoms with Crippen molar-refractivity contribution in [3.8, 4) is 0 Å². The number of rotatable bonds is 3. The lowest BCUT2D eigenvalue weighted by molar-refractivity contribution is 0.0706. The van der Waals surface area contributed by atoms with Crippen molar-refractivity contribution in [2.75, 3.05) is 5.73 Å². The number of hydrogen-bond donors (Lipinski definition) is 3. The van der Waals surface area contributed by atoms with Crippen molar-refractivity contribution in [2.24, 2.45) is 0 Å². The smallest absolute Gasteiger partial charge is 0.274 e. The lowest BCUT2D eigenvalue weighted by Gasteiger charge is -2.06. The topological polar surface area (TPSA) is 106 Å². The fourth-order valence-electron chi connectivity index (χ4n) is 2.19. The summed E-state index contributed by atoms with van der Waals surface area (Å²) in [6, 6.07) is 8.67. The maximum absolute atomic E-state index is 11.3. The second-order valence-electron chi connectivity index (χ2n) is 4.69. The third kappa shape index (κ3) is 2.59. The molecule has 0 spiro atoms. The number of carbonyl (C=O) groups is 1. The van der Waals surface area contributed by atoms with Gasteiger partial charge in [0.25, 0.3) is 5.91 Å². The highest BCUT2D eigenvalue weighted by Crippen LogP contribution is 2.23. The highest BCUT2D eigenvalue weighted by Gasteiger charge is 2.10. The maximum atomic E-state index is 11.3. The molecule has 3 rings (SSSR count). The molecule has 4 N–H and O–H groups in total. The van der Waals surface area contributed by atoms with Crippen molar-refractivity contribution in [2.45, 2.75) is 6.54 Å². The van der Waals surface area contributed by atoms with Crippen molar-refractivity contribution in [1.29, 1.82) is 0 Å². The fourth-order valence-corrected chi connectivity index (χ4v) is 2.43. The van der Waals surface area contributed by atoms with Crippen LogP contribution in [0.3, 0.4) is 0 Å². The van der Waals surface area contributed by atoms with Crippen molar-refractivity contribution in [3.05, 3.63) is 52.8 Å². The number of aromatic nitrogens is 3. The van der Waals surface area contributed by atoms with E-state index in [1.54, 1.807) is 29.7 Å². The average molecular weight is 318 g/mol. The molecular formula is C14H12ClN5O2. The summed E-state index contributed by atoms with van der Waals surface area (Å²) in [7, 11) is 0. The zero-order chi connectivity index (χ0) is 15.7. The molecule has 0 unspecified atom stereocenters. The van der Waals surface area contributed by atoms with Crippen LogP contribution in [-0.4, -0.2) is 25.6 Å². The number of nitrogens with one attached hydrogen (secondary N) is 1. The molecule has 0 aliphatic rings. The Bertz CT molecular complexity index is 844. The Labute approximate surface area is 130 Å². The van der Waals surface area contributed by atoms with E-state index in [-0.39, 0.29) is 5.95 Å².